The van der Waals surface area contributed by atoms with Gasteiger partial charge in [0.05, 0.1) is 0 Å². The highest BCUT2D eigenvalue weighted by Crippen LogP contribution is 2.35. The summed E-state index contributed by atoms with van der Waals surface area (Å²) in [5.41, 5.74) is 6.42. The summed E-state index contributed by atoms with van der Waals surface area (Å²) in [7, 11) is 0. The van der Waals surface area contributed by atoms with Crippen LogP contribution in [-0.4, -0.2) is 0 Å². The van der Waals surface area contributed by atoms with Crippen LogP contribution in [0.4, 0.5) is 0 Å². The Kier molecular flexibility index (Phi) is 2.56. The number of benzene rings is 2. The summed E-state index contributed by atoms with van der Waals surface area (Å²) in [5.74, 6) is 0. The van der Waals surface area contributed by atoms with Crippen LogP contribution in [0.25, 0.3) is 17.2 Å². The third-order valence-corrected chi connectivity index (χ3v) is 3.19. The third kappa shape index (κ3) is 1.80. The minimum Gasteiger partial charge on any atom is -0.0622 e. The second-order valence-electron chi connectivity index (χ2n) is 4.28. The van der Waals surface area contributed by atoms with Crippen LogP contribution in [0.2, 0.25) is 0 Å². The fourth-order valence-electron chi connectivity index (χ4n) is 2.27. The van der Waals surface area contributed by atoms with E-state index in [4.69, 9.17) is 0 Å². The first-order valence-corrected chi connectivity index (χ1v) is 6.04. The first kappa shape index (κ1) is 10.3. The van der Waals surface area contributed by atoms with E-state index in [1.165, 1.54) is 27.8 Å². The molecule has 3 rings (SSSR count). The Morgan fingerprint density at radius 1 is 0.941 bits per heavy atom. The van der Waals surface area contributed by atoms with Crippen molar-refractivity contribution in [2.24, 2.45) is 0 Å². The number of hydrogen-bond acceptors (Lipinski definition) is 0. The van der Waals surface area contributed by atoms with Crippen LogP contribution in [0.5, 0.6) is 0 Å². The van der Waals surface area contributed by atoms with Gasteiger partial charge in [0.25, 0.3) is 0 Å². The molecule has 0 saturated carbocycles. The van der Waals surface area contributed by atoms with Crippen molar-refractivity contribution in [1.29, 1.82) is 0 Å². The van der Waals surface area contributed by atoms with Gasteiger partial charge in [0.1, 0.15) is 0 Å². The maximum absolute atomic E-state index is 3.46. The minimum absolute atomic E-state index is 1.04. The second kappa shape index (κ2) is 4.21. The van der Waals surface area contributed by atoms with Gasteiger partial charge in [-0.25, -0.2) is 0 Å². The molecule has 0 heterocycles. The molecule has 0 spiro atoms. The Labute approximate surface area is 103 Å². The molecule has 0 atom stereocenters. The van der Waals surface area contributed by atoms with Gasteiger partial charge in [-0.05, 0) is 28.7 Å². The minimum atomic E-state index is 1.04. The molecule has 0 unspecified atom stereocenters. The van der Waals surface area contributed by atoms with Crippen molar-refractivity contribution in [3.8, 4) is 11.1 Å². The molecular weight excluding hydrogens is 204 g/mol. The molecule has 2 radical (unpaired) electrons. The first-order chi connectivity index (χ1) is 8.38. The quantitative estimate of drug-likeness (QED) is 0.691. The van der Waals surface area contributed by atoms with Gasteiger partial charge in [0.2, 0.25) is 0 Å². The average Bonchev–Trinajstić information content (AvgIpc) is 2.82. The van der Waals surface area contributed by atoms with Gasteiger partial charge >= 0.3 is 0 Å². The molecule has 2 aromatic carbocycles. The zero-order valence-electron chi connectivity index (χ0n) is 9.90. The topological polar surface area (TPSA) is 0 Å². The normalized spacial score (nSPS) is 13.4. The third-order valence-electron chi connectivity index (χ3n) is 3.19. The van der Waals surface area contributed by atoms with Crippen molar-refractivity contribution in [3.05, 3.63) is 71.7 Å². The summed E-state index contributed by atoms with van der Waals surface area (Å²) < 4.78 is 0. The molecule has 0 saturated heterocycles. The summed E-state index contributed by atoms with van der Waals surface area (Å²) in [6.45, 7) is 2.17. The lowest BCUT2D eigenvalue weighted by molar-refractivity contribution is 1.14. The molecule has 0 nitrogen and oxygen atoms in total. The van der Waals surface area contributed by atoms with E-state index in [0.29, 0.717) is 0 Å². The van der Waals surface area contributed by atoms with Gasteiger partial charge in [0.15, 0.2) is 0 Å². The molecule has 0 bridgehead atoms. The van der Waals surface area contributed by atoms with E-state index in [0.717, 1.165) is 6.42 Å². The number of hydrogen-bond donors (Lipinski definition) is 0. The molecule has 82 valence electrons. The Morgan fingerprint density at radius 3 is 2.53 bits per heavy atom. The van der Waals surface area contributed by atoms with Crippen LogP contribution < -0.4 is 0 Å². The number of rotatable bonds is 2. The van der Waals surface area contributed by atoms with Crippen LogP contribution in [-0.2, 0) is 0 Å². The lowest BCUT2D eigenvalue weighted by Gasteiger charge is -2.07. The highest BCUT2D eigenvalue weighted by molar-refractivity contribution is 5.83. The molecule has 1 aliphatic carbocycles. The van der Waals surface area contributed by atoms with E-state index in [9.17, 15) is 0 Å². The highest BCUT2D eigenvalue weighted by atomic mass is 14.2. The van der Waals surface area contributed by atoms with E-state index < -0.39 is 0 Å². The highest BCUT2D eigenvalue weighted by Gasteiger charge is 2.15. The second-order valence-corrected chi connectivity index (χ2v) is 4.28. The average molecular weight is 218 g/mol. The number of fused-ring (bicyclic) bond motifs is 1. The van der Waals surface area contributed by atoms with Crippen LogP contribution in [0.3, 0.4) is 0 Å². The molecule has 0 amide bonds. The molecule has 0 aromatic heterocycles. The van der Waals surface area contributed by atoms with Crippen molar-refractivity contribution < 1.29 is 0 Å². The largest absolute Gasteiger partial charge is 0.0622 e. The molecule has 1 aliphatic rings. The van der Waals surface area contributed by atoms with Crippen molar-refractivity contribution >= 4 is 6.08 Å². The molecule has 2 aromatic rings. The zero-order valence-corrected chi connectivity index (χ0v) is 9.90. The maximum atomic E-state index is 3.46. The predicted octanol–water partition coefficient (Wildman–Crippen LogP) is 4.59. The smallest absolute Gasteiger partial charge is 0.0464 e. The van der Waals surface area contributed by atoms with E-state index >= 15 is 0 Å². The van der Waals surface area contributed by atoms with Crippen LogP contribution >= 0.6 is 0 Å². The summed E-state index contributed by atoms with van der Waals surface area (Å²) in [6, 6.07) is 17.0. The predicted molar refractivity (Wildman–Crippen MR) is 72.5 cm³/mol. The van der Waals surface area contributed by atoms with E-state index in [2.05, 4.69) is 68.0 Å². The van der Waals surface area contributed by atoms with Crippen molar-refractivity contribution in [2.75, 3.05) is 0 Å². The summed E-state index contributed by atoms with van der Waals surface area (Å²) in [4.78, 5) is 0. The Morgan fingerprint density at radius 2 is 1.76 bits per heavy atom. The summed E-state index contributed by atoms with van der Waals surface area (Å²) in [5, 5.41) is 0. The molecule has 0 aliphatic heterocycles. The van der Waals surface area contributed by atoms with Gasteiger partial charge in [-0.2, -0.15) is 0 Å². The molecular formula is C17H14. The summed E-state index contributed by atoms with van der Waals surface area (Å²) >= 11 is 0. The van der Waals surface area contributed by atoms with Gasteiger partial charge in [-0.3, -0.25) is 0 Å². The van der Waals surface area contributed by atoms with E-state index in [1.54, 1.807) is 0 Å². The molecule has 17 heavy (non-hydrogen) atoms. The fraction of sp³-hybridized carbons (Fsp3) is 0.118. The molecule has 0 N–H and O–H groups in total. The lowest BCUT2D eigenvalue weighted by Crippen LogP contribution is -1.85. The van der Waals surface area contributed by atoms with E-state index in [1.807, 2.05) is 0 Å². The first-order valence-electron chi connectivity index (χ1n) is 6.04. The Hall–Kier alpha value is -1.82. The van der Waals surface area contributed by atoms with Crippen molar-refractivity contribution in [2.45, 2.75) is 13.3 Å². The lowest BCUT2D eigenvalue weighted by atomic mass is 9.97. The fourth-order valence-corrected chi connectivity index (χ4v) is 2.27. The SMILES string of the molecule is CCC1=Cc2c(cccc2-c2ccccc2)[C]1. The van der Waals surface area contributed by atoms with Crippen LogP contribution in [0.1, 0.15) is 24.5 Å². The van der Waals surface area contributed by atoms with Gasteiger partial charge in [-0.1, -0.05) is 67.1 Å². The Bertz CT molecular complexity index is 562. The zero-order chi connectivity index (χ0) is 11.7. The molecule has 0 heteroatoms. The molecule has 0 fully saturated rings. The van der Waals surface area contributed by atoms with Crippen LogP contribution in [0, 0.1) is 6.42 Å². The summed E-state index contributed by atoms with van der Waals surface area (Å²) in [6.07, 6.45) is 6.76. The van der Waals surface area contributed by atoms with Crippen molar-refractivity contribution in [1.82, 2.24) is 0 Å². The number of allylic oxidation sites excluding steroid dienone is 1. The maximum Gasteiger partial charge on any atom is 0.0464 e. The van der Waals surface area contributed by atoms with Crippen LogP contribution in [0.15, 0.2) is 54.1 Å². The van der Waals surface area contributed by atoms with Crippen molar-refractivity contribution in [3.63, 3.8) is 0 Å². The van der Waals surface area contributed by atoms with Gasteiger partial charge in [0, 0.05) is 6.42 Å². The van der Waals surface area contributed by atoms with E-state index in [-0.39, 0.29) is 0 Å². The van der Waals surface area contributed by atoms with Gasteiger partial charge in [-0.15, -0.1) is 0 Å². The Balaban J connectivity index is 2.15. The monoisotopic (exact) mass is 218 g/mol. The van der Waals surface area contributed by atoms with Gasteiger partial charge < -0.3 is 0 Å². The standard InChI is InChI=1S/C17H14/c1-2-13-11-15-9-6-10-16(17(15)12-13)14-7-4-3-5-8-14/h3-10,12H,2H2,1H3.